The SMILES string of the molecule is Cn1cnc2c(-c3nnc(Nc4ccc5[nH]ncc5c4)s3)cccc21.O=C(O)C(F)(F)F. The molecule has 0 aliphatic carbocycles. The molecular formula is C19H14F3N7O2S. The predicted molar refractivity (Wildman–Crippen MR) is 113 cm³/mol. The molecule has 0 saturated carbocycles. The van der Waals surface area contributed by atoms with Crippen molar-refractivity contribution in [1.29, 1.82) is 0 Å². The van der Waals surface area contributed by atoms with Gasteiger partial charge in [0.15, 0.2) is 5.01 Å². The average Bonchev–Trinajstić information content (AvgIpc) is 3.48. The number of nitrogens with zero attached hydrogens (tertiary/aromatic N) is 5. The van der Waals surface area contributed by atoms with E-state index in [1.54, 1.807) is 6.20 Å². The molecule has 0 saturated heterocycles. The van der Waals surface area contributed by atoms with E-state index in [2.05, 4.69) is 30.7 Å². The number of alkyl halides is 3. The Kier molecular flexibility index (Phi) is 5.48. The summed E-state index contributed by atoms with van der Waals surface area (Å²) in [4.78, 5) is 13.4. The molecule has 5 aromatic rings. The van der Waals surface area contributed by atoms with E-state index < -0.39 is 12.1 Å². The Balaban J connectivity index is 0.000000307. The maximum Gasteiger partial charge on any atom is 0.490 e. The number of nitrogens with one attached hydrogen (secondary N) is 2. The molecule has 0 radical (unpaired) electrons. The molecule has 9 nitrogen and oxygen atoms in total. The summed E-state index contributed by atoms with van der Waals surface area (Å²) in [5.74, 6) is -2.76. The van der Waals surface area contributed by atoms with Crippen LogP contribution in [0.2, 0.25) is 0 Å². The van der Waals surface area contributed by atoms with E-state index in [9.17, 15) is 13.2 Å². The van der Waals surface area contributed by atoms with Crippen molar-refractivity contribution < 1.29 is 23.1 Å². The molecule has 13 heteroatoms. The van der Waals surface area contributed by atoms with Gasteiger partial charge in [0.05, 0.1) is 29.1 Å². The summed E-state index contributed by atoms with van der Waals surface area (Å²) in [7, 11) is 1.98. The van der Waals surface area contributed by atoms with E-state index in [1.807, 2.05) is 54.3 Å². The van der Waals surface area contributed by atoms with Gasteiger partial charge in [-0.05, 0) is 30.3 Å². The molecule has 3 heterocycles. The second-order valence-corrected chi connectivity index (χ2v) is 7.52. The minimum Gasteiger partial charge on any atom is -0.475 e. The van der Waals surface area contributed by atoms with Crippen molar-refractivity contribution in [3.8, 4) is 10.6 Å². The molecule has 164 valence electrons. The van der Waals surface area contributed by atoms with Crippen LogP contribution in [0.5, 0.6) is 0 Å². The van der Waals surface area contributed by atoms with Gasteiger partial charge < -0.3 is 15.0 Å². The highest BCUT2D eigenvalue weighted by Crippen LogP contribution is 2.32. The number of aromatic nitrogens is 6. The van der Waals surface area contributed by atoms with Crippen LogP contribution in [-0.2, 0) is 11.8 Å². The molecule has 0 amide bonds. The van der Waals surface area contributed by atoms with Gasteiger partial charge in [-0.1, -0.05) is 17.4 Å². The number of para-hydroxylation sites is 1. The average molecular weight is 461 g/mol. The minimum atomic E-state index is -5.08. The molecule has 32 heavy (non-hydrogen) atoms. The molecule has 0 aliphatic heterocycles. The van der Waals surface area contributed by atoms with Gasteiger partial charge in [-0.25, -0.2) is 9.78 Å². The minimum absolute atomic E-state index is 0.741. The maximum atomic E-state index is 10.6. The summed E-state index contributed by atoms with van der Waals surface area (Å²) in [5, 5.41) is 28.6. The number of H-pyrrole nitrogens is 1. The third-order valence-corrected chi connectivity index (χ3v) is 5.22. The number of aromatic amines is 1. The van der Waals surface area contributed by atoms with Crippen molar-refractivity contribution in [3.63, 3.8) is 0 Å². The zero-order valence-corrected chi connectivity index (χ0v) is 17.1. The number of halogens is 3. The van der Waals surface area contributed by atoms with E-state index in [0.717, 1.165) is 43.3 Å². The van der Waals surface area contributed by atoms with Gasteiger partial charge in [-0.3, -0.25) is 5.10 Å². The van der Waals surface area contributed by atoms with E-state index in [1.165, 1.54) is 11.3 Å². The van der Waals surface area contributed by atoms with Crippen molar-refractivity contribution in [2.45, 2.75) is 6.18 Å². The van der Waals surface area contributed by atoms with Gasteiger partial charge in [0, 0.05) is 23.7 Å². The van der Waals surface area contributed by atoms with Gasteiger partial charge in [-0.2, -0.15) is 18.3 Å². The molecule has 0 bridgehead atoms. The van der Waals surface area contributed by atoms with Crippen molar-refractivity contribution in [2.24, 2.45) is 7.05 Å². The fourth-order valence-electron chi connectivity index (χ4n) is 2.86. The highest BCUT2D eigenvalue weighted by molar-refractivity contribution is 7.18. The standard InChI is InChI=1S/C17H13N7S.C2HF3O2/c1-24-9-18-15-12(3-2-4-14(15)24)16-22-23-17(25-16)20-11-5-6-13-10(7-11)8-19-21-13;3-2(4,5)1(6)7/h2-9H,1H3,(H,19,21)(H,20,23);(H,6,7). The Labute approximate surface area is 181 Å². The zero-order valence-electron chi connectivity index (χ0n) is 16.3. The van der Waals surface area contributed by atoms with Crippen molar-refractivity contribution in [1.82, 2.24) is 29.9 Å². The normalized spacial score (nSPS) is 11.4. The highest BCUT2D eigenvalue weighted by Gasteiger charge is 2.38. The van der Waals surface area contributed by atoms with Crippen molar-refractivity contribution in [2.75, 3.05) is 5.32 Å². The molecule has 3 N–H and O–H groups in total. The number of benzene rings is 2. The fourth-order valence-corrected chi connectivity index (χ4v) is 3.65. The van der Waals surface area contributed by atoms with E-state index in [0.29, 0.717) is 0 Å². The fraction of sp³-hybridized carbons (Fsp3) is 0.105. The Morgan fingerprint density at radius 3 is 2.75 bits per heavy atom. The Morgan fingerprint density at radius 2 is 2.00 bits per heavy atom. The molecule has 5 rings (SSSR count). The van der Waals surface area contributed by atoms with Crippen molar-refractivity contribution >= 4 is 50.1 Å². The summed E-state index contributed by atoms with van der Waals surface area (Å²) in [6.07, 6.45) is -1.47. The van der Waals surface area contributed by atoms with Crippen LogP contribution in [0, 0.1) is 0 Å². The number of aryl methyl sites for hydroxylation is 1. The second kappa shape index (κ2) is 8.26. The van der Waals surface area contributed by atoms with E-state index in [-0.39, 0.29) is 0 Å². The number of imidazole rings is 1. The number of fused-ring (bicyclic) bond motifs is 2. The molecule has 3 aromatic heterocycles. The molecule has 0 spiro atoms. The smallest absolute Gasteiger partial charge is 0.475 e. The number of carboxylic acids is 1. The van der Waals surface area contributed by atoms with Gasteiger partial charge in [0.25, 0.3) is 0 Å². The number of carbonyl (C=O) groups is 1. The number of hydrogen-bond donors (Lipinski definition) is 3. The highest BCUT2D eigenvalue weighted by atomic mass is 32.1. The lowest BCUT2D eigenvalue weighted by Gasteiger charge is -2.01. The van der Waals surface area contributed by atoms with Gasteiger partial charge in [-0.15, -0.1) is 10.2 Å². The van der Waals surface area contributed by atoms with Gasteiger partial charge in [0.1, 0.15) is 0 Å². The van der Waals surface area contributed by atoms with E-state index >= 15 is 0 Å². The summed E-state index contributed by atoms with van der Waals surface area (Å²) in [6.45, 7) is 0. The first-order chi connectivity index (χ1) is 15.2. The lowest BCUT2D eigenvalue weighted by Crippen LogP contribution is -2.21. The first-order valence-corrected chi connectivity index (χ1v) is 9.78. The Hall–Kier alpha value is -4.00. The van der Waals surface area contributed by atoms with Crippen LogP contribution in [0.25, 0.3) is 32.5 Å². The zero-order chi connectivity index (χ0) is 22.9. The largest absolute Gasteiger partial charge is 0.490 e. The van der Waals surface area contributed by atoms with Crippen molar-refractivity contribution in [3.05, 3.63) is 48.9 Å². The topological polar surface area (TPSA) is 122 Å². The number of rotatable bonds is 3. The van der Waals surface area contributed by atoms with Crippen LogP contribution in [0.1, 0.15) is 0 Å². The molecule has 0 fully saturated rings. The number of anilines is 2. The van der Waals surface area contributed by atoms with Crippen LogP contribution in [0.4, 0.5) is 24.0 Å². The third-order valence-electron chi connectivity index (χ3n) is 4.34. The first kappa shape index (κ1) is 21.2. The molecule has 0 atom stereocenters. The third kappa shape index (κ3) is 4.37. The predicted octanol–water partition coefficient (Wildman–Crippen LogP) is 4.35. The quantitative estimate of drug-likeness (QED) is 0.365. The lowest BCUT2D eigenvalue weighted by atomic mass is 10.2. The number of carboxylic acid groups (broad SMARTS) is 1. The first-order valence-electron chi connectivity index (χ1n) is 8.96. The molecule has 0 unspecified atom stereocenters. The second-order valence-electron chi connectivity index (χ2n) is 6.54. The monoisotopic (exact) mass is 461 g/mol. The van der Waals surface area contributed by atoms with Gasteiger partial charge >= 0.3 is 12.1 Å². The maximum absolute atomic E-state index is 10.6. The number of hydrogen-bond acceptors (Lipinski definition) is 7. The summed E-state index contributed by atoms with van der Waals surface area (Å²) in [5.41, 5.74) is 4.96. The van der Waals surface area contributed by atoms with E-state index in [4.69, 9.17) is 9.90 Å². The Bertz CT molecular complexity index is 1410. The van der Waals surface area contributed by atoms with Crippen LogP contribution in [0.15, 0.2) is 48.9 Å². The number of aliphatic carboxylic acids is 1. The summed E-state index contributed by atoms with van der Waals surface area (Å²) >= 11 is 1.51. The van der Waals surface area contributed by atoms with Gasteiger partial charge in [0.2, 0.25) is 5.13 Å². The van der Waals surface area contributed by atoms with Crippen LogP contribution in [0.3, 0.4) is 0 Å². The molecule has 0 aliphatic rings. The lowest BCUT2D eigenvalue weighted by molar-refractivity contribution is -0.192. The summed E-state index contributed by atoms with van der Waals surface area (Å²) < 4.78 is 33.7. The molecule has 2 aromatic carbocycles. The Morgan fingerprint density at radius 1 is 1.22 bits per heavy atom. The van der Waals surface area contributed by atoms with Crippen LogP contribution >= 0.6 is 11.3 Å². The summed E-state index contributed by atoms with van der Waals surface area (Å²) in [6, 6.07) is 12.1. The van der Waals surface area contributed by atoms with Crippen LogP contribution < -0.4 is 5.32 Å². The van der Waals surface area contributed by atoms with Crippen LogP contribution in [-0.4, -0.2) is 47.2 Å². The molecular weight excluding hydrogens is 447 g/mol.